The van der Waals surface area contributed by atoms with Crippen LogP contribution in [0.3, 0.4) is 0 Å². The van der Waals surface area contributed by atoms with Gasteiger partial charge in [0.15, 0.2) is 0 Å². The quantitative estimate of drug-likeness (QED) is 0.220. The maximum Gasteiger partial charge on any atom is 0.335 e. The second-order valence-electron chi connectivity index (χ2n) is 10.5. The fourth-order valence-electron chi connectivity index (χ4n) is 5.38. The molecule has 1 aliphatic heterocycles. The van der Waals surface area contributed by atoms with Crippen molar-refractivity contribution in [3.8, 4) is 23.2 Å². The summed E-state index contributed by atoms with van der Waals surface area (Å²) >= 11 is 0. The maximum atomic E-state index is 15.6. The number of hydrogen-bond acceptors (Lipinski definition) is 7. The van der Waals surface area contributed by atoms with Crippen molar-refractivity contribution < 1.29 is 37.3 Å². The average molecular weight is 615 g/mol. The van der Waals surface area contributed by atoms with Gasteiger partial charge in [-0.3, -0.25) is 0 Å². The molecule has 1 aliphatic rings. The summed E-state index contributed by atoms with van der Waals surface area (Å²) in [5, 5.41) is 18.5. The van der Waals surface area contributed by atoms with E-state index >= 15 is 8.78 Å². The van der Waals surface area contributed by atoms with Crippen LogP contribution in [0.1, 0.15) is 38.9 Å². The Bertz CT molecular complexity index is 1970. The zero-order valence-corrected chi connectivity index (χ0v) is 23.8. The van der Waals surface area contributed by atoms with Crippen LogP contribution in [-0.2, 0) is 22.5 Å². The minimum atomic E-state index is -1.11. The summed E-state index contributed by atoms with van der Waals surface area (Å²) in [6, 6.07) is 16.7. The first-order valence-corrected chi connectivity index (χ1v) is 13.9. The van der Waals surface area contributed by atoms with Crippen LogP contribution in [0.5, 0.6) is 5.88 Å². The van der Waals surface area contributed by atoms with Crippen LogP contribution < -0.4 is 4.74 Å². The van der Waals surface area contributed by atoms with Crippen molar-refractivity contribution in [2.45, 2.75) is 25.2 Å². The fraction of sp³-hybridized carbons (Fsp3) is 0.212. The molecule has 0 bridgehead atoms. The number of aromatic carboxylic acids is 1. The first kappa shape index (κ1) is 29.8. The van der Waals surface area contributed by atoms with Crippen molar-refractivity contribution in [1.29, 1.82) is 5.26 Å². The Morgan fingerprint density at radius 2 is 1.84 bits per heavy atom. The molecule has 0 spiro atoms. The molecule has 5 aromatic rings. The molecule has 45 heavy (non-hydrogen) atoms. The van der Waals surface area contributed by atoms with Crippen LogP contribution in [0, 0.1) is 28.8 Å². The molecular weight excluding hydrogens is 589 g/mol. The first-order valence-electron chi connectivity index (χ1n) is 13.9. The Hall–Kier alpha value is -5.25. The van der Waals surface area contributed by atoms with Gasteiger partial charge in [-0.25, -0.2) is 27.9 Å². The molecule has 2 atom stereocenters. The number of methoxy groups -OCH3 is 1. The number of hydrogen-bond donors (Lipinski definition) is 1. The topological polar surface area (TPSA) is 119 Å². The smallest absolute Gasteiger partial charge is 0.335 e. The number of benzene rings is 3. The number of carboxylic acids is 1. The zero-order valence-electron chi connectivity index (χ0n) is 23.8. The first-order chi connectivity index (χ1) is 21.7. The van der Waals surface area contributed by atoms with Gasteiger partial charge in [0.25, 0.3) is 0 Å². The molecule has 0 unspecified atom stereocenters. The number of nitriles is 1. The Balaban J connectivity index is 1.29. The van der Waals surface area contributed by atoms with Gasteiger partial charge in [-0.05, 0) is 54.1 Å². The predicted molar refractivity (Wildman–Crippen MR) is 155 cm³/mol. The third-order valence-corrected chi connectivity index (χ3v) is 7.69. The highest BCUT2D eigenvalue weighted by Crippen LogP contribution is 2.32. The molecule has 12 heteroatoms. The van der Waals surface area contributed by atoms with E-state index < -0.39 is 23.4 Å². The Morgan fingerprint density at radius 1 is 1.02 bits per heavy atom. The highest BCUT2D eigenvalue weighted by atomic mass is 19.1. The molecule has 1 fully saturated rings. The standard InChI is InChI=1S/C33H25F3N4O5/c1-43-30-17-44-16-29(30)40-28-11-19(33(41)42)7-8-27(28)38-31(40)12-21-10-25(36)22(13-24(21)35)26-3-2-4-32(39-26)45-15-20-6-5-18(14-37)9-23(20)34/h2-11,13,29-30H,12,15-17H2,1H3,(H,41,42)/t29-,30+/m1/s1. The van der Waals surface area contributed by atoms with Crippen molar-refractivity contribution >= 4 is 17.0 Å². The van der Waals surface area contributed by atoms with E-state index in [0.29, 0.717) is 23.5 Å². The number of fused-ring (bicyclic) bond motifs is 1. The number of rotatable bonds is 9. The lowest BCUT2D eigenvalue weighted by Gasteiger charge is -2.21. The summed E-state index contributed by atoms with van der Waals surface area (Å²) < 4.78 is 64.0. The molecule has 1 N–H and O–H groups in total. The Kier molecular flexibility index (Phi) is 8.21. The normalized spacial score (nSPS) is 16.2. The second kappa shape index (κ2) is 12.4. The number of aromatic nitrogens is 3. The van der Waals surface area contributed by atoms with E-state index in [2.05, 4.69) is 9.97 Å². The van der Waals surface area contributed by atoms with Gasteiger partial charge in [-0.1, -0.05) is 12.1 Å². The third-order valence-electron chi connectivity index (χ3n) is 7.69. The van der Waals surface area contributed by atoms with Gasteiger partial charge in [0.2, 0.25) is 5.88 Å². The van der Waals surface area contributed by atoms with Crippen molar-refractivity contribution in [3.63, 3.8) is 0 Å². The number of imidazole rings is 1. The largest absolute Gasteiger partial charge is 0.478 e. The third kappa shape index (κ3) is 5.95. The van der Waals surface area contributed by atoms with E-state index in [-0.39, 0.29) is 71.2 Å². The van der Waals surface area contributed by atoms with Gasteiger partial charge in [-0.15, -0.1) is 0 Å². The van der Waals surface area contributed by atoms with E-state index in [1.165, 1.54) is 36.4 Å². The molecule has 0 radical (unpaired) electrons. The molecule has 3 heterocycles. The van der Waals surface area contributed by atoms with Gasteiger partial charge < -0.3 is 23.9 Å². The zero-order chi connectivity index (χ0) is 31.7. The minimum Gasteiger partial charge on any atom is -0.478 e. The summed E-state index contributed by atoms with van der Waals surface area (Å²) in [5.41, 5.74) is 1.48. The Morgan fingerprint density at radius 3 is 2.60 bits per heavy atom. The van der Waals surface area contributed by atoms with Crippen molar-refractivity contribution in [2.75, 3.05) is 20.3 Å². The minimum absolute atomic E-state index is 0.0304. The van der Waals surface area contributed by atoms with E-state index in [1.54, 1.807) is 23.8 Å². The highest BCUT2D eigenvalue weighted by Gasteiger charge is 2.33. The van der Waals surface area contributed by atoms with Crippen LogP contribution in [0.2, 0.25) is 0 Å². The second-order valence-corrected chi connectivity index (χ2v) is 10.5. The summed E-state index contributed by atoms with van der Waals surface area (Å²) in [6.07, 6.45) is -0.452. The molecule has 2 aromatic heterocycles. The average Bonchev–Trinajstić information content (AvgIpc) is 3.65. The van der Waals surface area contributed by atoms with Gasteiger partial charge in [0, 0.05) is 30.7 Å². The van der Waals surface area contributed by atoms with Crippen molar-refractivity contribution in [3.05, 3.63) is 112 Å². The summed E-state index contributed by atoms with van der Waals surface area (Å²) in [7, 11) is 1.54. The number of carboxylic acid groups (broad SMARTS) is 1. The van der Waals surface area contributed by atoms with Crippen LogP contribution in [-0.4, -0.2) is 52.0 Å². The van der Waals surface area contributed by atoms with Crippen LogP contribution in [0.25, 0.3) is 22.3 Å². The summed E-state index contributed by atoms with van der Waals surface area (Å²) in [6.45, 7) is 0.398. The van der Waals surface area contributed by atoms with Gasteiger partial charge in [0.1, 0.15) is 36.0 Å². The highest BCUT2D eigenvalue weighted by molar-refractivity contribution is 5.92. The van der Waals surface area contributed by atoms with Crippen LogP contribution in [0.15, 0.2) is 66.7 Å². The molecule has 9 nitrogen and oxygen atoms in total. The predicted octanol–water partition coefficient (Wildman–Crippen LogP) is 5.84. The lowest BCUT2D eigenvalue weighted by Crippen LogP contribution is -2.26. The SMILES string of the molecule is CO[C@H]1COC[C@H]1n1c(Cc2cc(F)c(-c3cccc(OCc4ccc(C#N)cc4F)n3)cc2F)nc2ccc(C(=O)O)cc21. The number of pyridine rings is 1. The molecule has 1 saturated heterocycles. The molecule has 6 rings (SSSR count). The lowest BCUT2D eigenvalue weighted by molar-refractivity contribution is 0.0687. The van der Waals surface area contributed by atoms with E-state index in [1.807, 2.05) is 6.07 Å². The number of ether oxygens (including phenoxy) is 3. The van der Waals surface area contributed by atoms with Gasteiger partial charge >= 0.3 is 5.97 Å². The van der Waals surface area contributed by atoms with E-state index in [9.17, 15) is 14.3 Å². The number of nitrogens with zero attached hydrogens (tertiary/aromatic N) is 4. The van der Waals surface area contributed by atoms with Crippen LogP contribution in [0.4, 0.5) is 13.2 Å². The van der Waals surface area contributed by atoms with Gasteiger partial charge in [0.05, 0.1) is 53.2 Å². The molecular formula is C33H25F3N4O5. The number of halogens is 3. The summed E-state index contributed by atoms with van der Waals surface area (Å²) in [5.74, 6) is -2.69. The van der Waals surface area contributed by atoms with Crippen molar-refractivity contribution in [1.82, 2.24) is 14.5 Å². The summed E-state index contributed by atoms with van der Waals surface area (Å²) in [4.78, 5) is 20.6. The molecule has 0 aliphatic carbocycles. The maximum absolute atomic E-state index is 15.6. The molecule has 0 amide bonds. The fourth-order valence-corrected chi connectivity index (χ4v) is 5.38. The van der Waals surface area contributed by atoms with Crippen molar-refractivity contribution in [2.24, 2.45) is 0 Å². The molecule has 228 valence electrons. The Labute approximate surface area is 255 Å². The van der Waals surface area contributed by atoms with E-state index in [4.69, 9.17) is 19.5 Å². The van der Waals surface area contributed by atoms with Gasteiger partial charge in [-0.2, -0.15) is 5.26 Å². The molecule has 0 saturated carbocycles. The monoisotopic (exact) mass is 614 g/mol. The van der Waals surface area contributed by atoms with Crippen LogP contribution >= 0.6 is 0 Å². The van der Waals surface area contributed by atoms with E-state index in [0.717, 1.165) is 18.2 Å². The molecule has 3 aromatic carbocycles. The number of carbonyl (C=O) groups is 1. The lowest BCUT2D eigenvalue weighted by atomic mass is 10.0.